The van der Waals surface area contributed by atoms with Crippen molar-refractivity contribution < 1.29 is 19.1 Å². The van der Waals surface area contributed by atoms with E-state index in [1.807, 2.05) is 37.3 Å². The van der Waals surface area contributed by atoms with Gasteiger partial charge < -0.3 is 14.3 Å². The van der Waals surface area contributed by atoms with Gasteiger partial charge in [-0.1, -0.05) is 41.6 Å². The monoisotopic (exact) mass is 439 g/mol. The Kier molecular flexibility index (Phi) is 8.21. The number of hydrogen-bond acceptors (Lipinski definition) is 9. The number of nitrogens with zero attached hydrogens (tertiary/aromatic N) is 6. The molecule has 0 aliphatic rings. The molecule has 0 radical (unpaired) electrons. The Morgan fingerprint density at radius 1 is 1.19 bits per heavy atom. The van der Waals surface area contributed by atoms with Gasteiger partial charge in [-0.05, 0) is 36.4 Å². The maximum atomic E-state index is 12.0. The van der Waals surface area contributed by atoms with Crippen LogP contribution in [-0.4, -0.2) is 56.3 Å². The number of carbonyl (C=O) groups excluding carboxylic acids is 1. The van der Waals surface area contributed by atoms with Crippen LogP contribution in [0.25, 0.3) is 0 Å². The molecule has 0 bridgehead atoms. The van der Waals surface area contributed by atoms with Crippen LogP contribution >= 0.6 is 0 Å². The molecule has 11 heteroatoms. The number of tetrazole rings is 1. The molecule has 0 spiro atoms. The summed E-state index contributed by atoms with van der Waals surface area (Å²) in [7, 11) is 1.72. The van der Waals surface area contributed by atoms with Gasteiger partial charge in [-0.15, -0.1) is 5.10 Å². The summed E-state index contributed by atoms with van der Waals surface area (Å²) in [5.74, 6) is 0.799. The van der Waals surface area contributed by atoms with Crippen molar-refractivity contribution in [3.8, 4) is 0 Å². The number of anilines is 1. The van der Waals surface area contributed by atoms with Crippen molar-refractivity contribution in [3.05, 3.63) is 65.6 Å². The standard InChI is InChI=1S/C21H25N7O4/c1-4-30-13-15(2)32-21(29)23-18-12-8-11-17(22-18)14-31-25-19(16-9-6-5-7-10-16)20-24-26-27-28(20)3/h5-12,15H,4,13-14H2,1-3H3,(H,22,23,29). The molecule has 2 aromatic heterocycles. The lowest BCUT2D eigenvalue weighted by Gasteiger charge is -2.13. The Morgan fingerprint density at radius 3 is 2.72 bits per heavy atom. The number of oxime groups is 1. The number of pyridine rings is 1. The van der Waals surface area contributed by atoms with Crippen LogP contribution in [0.4, 0.5) is 10.6 Å². The van der Waals surface area contributed by atoms with Crippen molar-refractivity contribution in [2.45, 2.75) is 26.6 Å². The molecule has 0 saturated heterocycles. The Balaban J connectivity index is 1.64. The first-order valence-corrected chi connectivity index (χ1v) is 10.1. The lowest BCUT2D eigenvalue weighted by Crippen LogP contribution is -2.24. The molecule has 168 valence electrons. The Bertz CT molecular complexity index is 1040. The minimum Gasteiger partial charge on any atom is -0.444 e. The SMILES string of the molecule is CCOCC(C)OC(=O)Nc1cccc(CON=C(c2ccccc2)c2nnnn2C)n1. The maximum Gasteiger partial charge on any atom is 0.413 e. The van der Waals surface area contributed by atoms with Crippen molar-refractivity contribution in [2.75, 3.05) is 18.5 Å². The molecule has 11 nitrogen and oxygen atoms in total. The third kappa shape index (κ3) is 6.57. The van der Waals surface area contributed by atoms with Crippen LogP contribution in [-0.2, 0) is 28.0 Å². The normalized spacial score (nSPS) is 12.3. The quantitative estimate of drug-likeness (QED) is 0.377. The summed E-state index contributed by atoms with van der Waals surface area (Å²) in [5.41, 5.74) is 1.86. The number of aromatic nitrogens is 5. The highest BCUT2D eigenvalue weighted by Gasteiger charge is 2.15. The fourth-order valence-corrected chi connectivity index (χ4v) is 2.68. The van der Waals surface area contributed by atoms with Gasteiger partial charge in [0.1, 0.15) is 11.9 Å². The van der Waals surface area contributed by atoms with Gasteiger partial charge >= 0.3 is 6.09 Å². The predicted octanol–water partition coefficient (Wildman–Crippen LogP) is 2.55. The zero-order valence-electron chi connectivity index (χ0n) is 18.1. The maximum absolute atomic E-state index is 12.0. The van der Waals surface area contributed by atoms with Gasteiger partial charge in [0.15, 0.2) is 12.3 Å². The minimum absolute atomic E-state index is 0.0763. The van der Waals surface area contributed by atoms with Gasteiger partial charge in [-0.25, -0.2) is 14.5 Å². The molecule has 32 heavy (non-hydrogen) atoms. The summed E-state index contributed by atoms with van der Waals surface area (Å²) in [6.45, 7) is 4.59. The summed E-state index contributed by atoms with van der Waals surface area (Å²) in [6, 6.07) is 14.6. The number of ether oxygens (including phenoxy) is 2. The summed E-state index contributed by atoms with van der Waals surface area (Å²) in [5, 5.41) is 18.4. The minimum atomic E-state index is -0.609. The lowest BCUT2D eigenvalue weighted by molar-refractivity contribution is 0.0388. The van der Waals surface area contributed by atoms with E-state index in [4.69, 9.17) is 14.3 Å². The first kappa shape index (κ1) is 22.8. The molecular weight excluding hydrogens is 414 g/mol. The molecule has 1 atom stereocenters. The fourth-order valence-electron chi connectivity index (χ4n) is 2.68. The molecule has 2 heterocycles. The van der Waals surface area contributed by atoms with Crippen LogP contribution in [0.3, 0.4) is 0 Å². The van der Waals surface area contributed by atoms with Crippen molar-refractivity contribution in [1.82, 2.24) is 25.2 Å². The fraction of sp³-hybridized carbons (Fsp3) is 0.333. The second-order valence-corrected chi connectivity index (χ2v) is 6.72. The molecule has 0 aliphatic heterocycles. The van der Waals surface area contributed by atoms with Crippen LogP contribution in [0, 0.1) is 0 Å². The van der Waals surface area contributed by atoms with Crippen LogP contribution < -0.4 is 5.32 Å². The average molecular weight is 439 g/mol. The summed E-state index contributed by atoms with van der Waals surface area (Å²) >= 11 is 0. The number of rotatable bonds is 10. The van der Waals surface area contributed by atoms with Crippen LogP contribution in [0.5, 0.6) is 0 Å². The third-order valence-electron chi connectivity index (χ3n) is 4.15. The molecule has 1 N–H and O–H groups in total. The van der Waals surface area contributed by atoms with Gasteiger partial charge in [0, 0.05) is 19.2 Å². The Labute approximate surface area is 185 Å². The molecule has 0 fully saturated rings. The highest BCUT2D eigenvalue weighted by molar-refractivity contribution is 6.10. The first-order chi connectivity index (χ1) is 15.6. The molecule has 1 aromatic carbocycles. The van der Waals surface area contributed by atoms with Gasteiger partial charge in [0.05, 0.1) is 12.3 Å². The Morgan fingerprint density at radius 2 is 2.00 bits per heavy atom. The topological polar surface area (TPSA) is 126 Å². The number of amides is 1. The van der Waals surface area contributed by atoms with E-state index < -0.39 is 6.09 Å². The van der Waals surface area contributed by atoms with Crippen molar-refractivity contribution in [1.29, 1.82) is 0 Å². The number of nitrogens with one attached hydrogen (secondary N) is 1. The van der Waals surface area contributed by atoms with Gasteiger partial charge in [-0.3, -0.25) is 5.32 Å². The van der Waals surface area contributed by atoms with E-state index in [0.29, 0.717) is 36.3 Å². The molecule has 3 aromatic rings. The summed E-state index contributed by atoms with van der Waals surface area (Å²) < 4.78 is 12.0. The van der Waals surface area contributed by atoms with Crippen LogP contribution in [0.1, 0.15) is 30.9 Å². The number of hydrogen-bond donors (Lipinski definition) is 1. The van der Waals surface area contributed by atoms with Crippen LogP contribution in [0.2, 0.25) is 0 Å². The smallest absolute Gasteiger partial charge is 0.413 e. The zero-order valence-corrected chi connectivity index (χ0v) is 18.1. The van der Waals surface area contributed by atoms with E-state index in [1.165, 1.54) is 4.68 Å². The van der Waals surface area contributed by atoms with E-state index in [-0.39, 0.29) is 12.7 Å². The van der Waals surface area contributed by atoms with E-state index in [9.17, 15) is 4.79 Å². The molecular formula is C21H25N7O4. The highest BCUT2D eigenvalue weighted by atomic mass is 16.6. The molecule has 1 amide bonds. The van der Waals surface area contributed by atoms with Crippen molar-refractivity contribution in [2.24, 2.45) is 12.2 Å². The van der Waals surface area contributed by atoms with Crippen molar-refractivity contribution >= 4 is 17.6 Å². The second kappa shape index (κ2) is 11.5. The highest BCUT2D eigenvalue weighted by Crippen LogP contribution is 2.11. The van der Waals surface area contributed by atoms with Gasteiger partial charge in [0.2, 0.25) is 5.82 Å². The van der Waals surface area contributed by atoms with Crippen LogP contribution in [0.15, 0.2) is 53.7 Å². The van der Waals surface area contributed by atoms with E-state index in [2.05, 4.69) is 31.0 Å². The van der Waals surface area contributed by atoms with E-state index in [0.717, 1.165) is 5.56 Å². The number of benzene rings is 1. The lowest BCUT2D eigenvalue weighted by atomic mass is 10.1. The number of aryl methyl sites for hydroxylation is 1. The third-order valence-corrected chi connectivity index (χ3v) is 4.15. The number of carbonyl (C=O) groups is 1. The average Bonchev–Trinajstić information content (AvgIpc) is 3.21. The largest absolute Gasteiger partial charge is 0.444 e. The van der Waals surface area contributed by atoms with E-state index >= 15 is 0 Å². The first-order valence-electron chi connectivity index (χ1n) is 10.1. The van der Waals surface area contributed by atoms with Crippen molar-refractivity contribution in [3.63, 3.8) is 0 Å². The molecule has 0 aliphatic carbocycles. The van der Waals surface area contributed by atoms with E-state index in [1.54, 1.807) is 32.2 Å². The molecule has 3 rings (SSSR count). The van der Waals surface area contributed by atoms with Gasteiger partial charge in [-0.2, -0.15) is 0 Å². The predicted molar refractivity (Wildman–Crippen MR) is 116 cm³/mol. The Hall–Kier alpha value is -3.86. The summed E-state index contributed by atoms with van der Waals surface area (Å²) in [4.78, 5) is 21.9. The summed E-state index contributed by atoms with van der Waals surface area (Å²) in [6.07, 6.45) is -0.982. The van der Waals surface area contributed by atoms with Gasteiger partial charge in [0.25, 0.3) is 0 Å². The molecule has 1 unspecified atom stereocenters. The molecule has 0 saturated carbocycles. The second-order valence-electron chi connectivity index (χ2n) is 6.72. The zero-order chi connectivity index (χ0) is 22.8.